The van der Waals surface area contributed by atoms with Gasteiger partial charge in [-0.25, -0.2) is 0 Å². The highest BCUT2D eigenvalue weighted by atomic mass is 16.5. The molecule has 2 nitrogen and oxygen atoms in total. The summed E-state index contributed by atoms with van der Waals surface area (Å²) in [5.74, 6) is 0.898. The molecule has 2 aliphatic carbocycles. The molecule has 3 rings (SSSR count). The van der Waals surface area contributed by atoms with E-state index >= 15 is 0 Å². The summed E-state index contributed by atoms with van der Waals surface area (Å²) in [4.78, 5) is 11.1. The zero-order chi connectivity index (χ0) is 9.60. The Bertz CT molecular complexity index is 243. The Morgan fingerprint density at radius 3 is 2.71 bits per heavy atom. The van der Waals surface area contributed by atoms with Crippen molar-refractivity contribution in [2.24, 2.45) is 17.3 Å². The Balaban J connectivity index is 1.85. The smallest absolute Gasteiger partial charge is 0.124 e. The molecule has 1 aliphatic heterocycles. The largest absolute Gasteiger partial charge is 0.377 e. The van der Waals surface area contributed by atoms with Crippen LogP contribution in [0.1, 0.15) is 38.5 Å². The molecule has 0 unspecified atom stereocenters. The summed E-state index contributed by atoms with van der Waals surface area (Å²) < 4.78 is 5.89. The lowest BCUT2D eigenvalue weighted by atomic mass is 9.49. The second kappa shape index (κ2) is 3.06. The third-order valence-corrected chi connectivity index (χ3v) is 4.74. The molecule has 2 saturated carbocycles. The van der Waals surface area contributed by atoms with E-state index in [2.05, 4.69) is 0 Å². The van der Waals surface area contributed by atoms with Gasteiger partial charge in [-0.15, -0.1) is 0 Å². The van der Waals surface area contributed by atoms with Gasteiger partial charge in [0, 0.05) is 17.9 Å². The fourth-order valence-electron chi connectivity index (χ4n) is 4.15. The number of hydrogen-bond donors (Lipinski definition) is 0. The van der Waals surface area contributed by atoms with Crippen LogP contribution in [0.4, 0.5) is 0 Å². The number of carbonyl (C=O) groups is 1. The molecule has 0 amide bonds. The van der Waals surface area contributed by atoms with Gasteiger partial charge < -0.3 is 9.53 Å². The Labute approximate surface area is 85.0 Å². The average Bonchev–Trinajstić information content (AvgIpc) is 2.69. The van der Waals surface area contributed by atoms with Crippen molar-refractivity contribution in [1.29, 1.82) is 0 Å². The van der Waals surface area contributed by atoms with E-state index in [0.717, 1.165) is 13.0 Å². The highest BCUT2D eigenvalue weighted by Gasteiger charge is 2.63. The normalized spacial score (nSPS) is 44.4. The summed E-state index contributed by atoms with van der Waals surface area (Å²) in [5, 5.41) is 0. The standard InChI is InChI=1S/C12H18O2/c13-8-10-9-4-3-7-14-11(9)12(10)5-1-2-6-12/h8-11H,1-7H2/t9-,10+,11-/m0/s1. The predicted octanol–water partition coefficient (Wildman–Crippen LogP) is 2.17. The Morgan fingerprint density at radius 2 is 2.00 bits per heavy atom. The maximum atomic E-state index is 11.1. The zero-order valence-corrected chi connectivity index (χ0v) is 8.58. The molecule has 0 radical (unpaired) electrons. The molecule has 3 aliphatic rings. The molecule has 0 aromatic heterocycles. The molecule has 3 atom stereocenters. The first kappa shape index (κ1) is 8.90. The second-order valence-electron chi connectivity index (χ2n) is 5.20. The van der Waals surface area contributed by atoms with E-state index in [4.69, 9.17) is 4.74 Å². The maximum Gasteiger partial charge on any atom is 0.124 e. The van der Waals surface area contributed by atoms with Crippen LogP contribution in [0.25, 0.3) is 0 Å². The van der Waals surface area contributed by atoms with Crippen molar-refractivity contribution >= 4 is 6.29 Å². The van der Waals surface area contributed by atoms with Crippen LogP contribution in [0.2, 0.25) is 0 Å². The fraction of sp³-hybridized carbons (Fsp3) is 0.917. The van der Waals surface area contributed by atoms with Gasteiger partial charge in [0.2, 0.25) is 0 Å². The van der Waals surface area contributed by atoms with E-state index < -0.39 is 0 Å². The first-order valence-corrected chi connectivity index (χ1v) is 5.95. The van der Waals surface area contributed by atoms with Crippen molar-refractivity contribution < 1.29 is 9.53 Å². The Hall–Kier alpha value is -0.370. The van der Waals surface area contributed by atoms with Crippen LogP contribution in [0.3, 0.4) is 0 Å². The SMILES string of the molecule is O=C[C@@H]1[C@@H]2CCCO[C@@H]2C12CCCC2. The summed E-state index contributed by atoms with van der Waals surface area (Å²) in [6.07, 6.45) is 9.11. The number of fused-ring (bicyclic) bond motifs is 2. The van der Waals surface area contributed by atoms with Crippen LogP contribution in [0.15, 0.2) is 0 Å². The second-order valence-corrected chi connectivity index (χ2v) is 5.20. The average molecular weight is 194 g/mol. The van der Waals surface area contributed by atoms with Crippen molar-refractivity contribution in [1.82, 2.24) is 0 Å². The van der Waals surface area contributed by atoms with Crippen LogP contribution in [0, 0.1) is 17.3 Å². The van der Waals surface area contributed by atoms with E-state index in [1.165, 1.54) is 38.4 Å². The monoisotopic (exact) mass is 194 g/mol. The van der Waals surface area contributed by atoms with Crippen molar-refractivity contribution in [2.45, 2.75) is 44.6 Å². The molecule has 1 spiro atoms. The van der Waals surface area contributed by atoms with Crippen molar-refractivity contribution in [3.8, 4) is 0 Å². The number of ether oxygens (including phenoxy) is 1. The van der Waals surface area contributed by atoms with E-state index in [-0.39, 0.29) is 5.41 Å². The minimum Gasteiger partial charge on any atom is -0.377 e. The van der Waals surface area contributed by atoms with Gasteiger partial charge in [0.25, 0.3) is 0 Å². The van der Waals surface area contributed by atoms with Crippen LogP contribution < -0.4 is 0 Å². The number of rotatable bonds is 1. The lowest BCUT2D eigenvalue weighted by molar-refractivity contribution is -0.219. The predicted molar refractivity (Wildman–Crippen MR) is 52.9 cm³/mol. The molecule has 2 heteroatoms. The molecular weight excluding hydrogens is 176 g/mol. The quantitative estimate of drug-likeness (QED) is 0.598. The molecule has 0 bridgehead atoms. The highest BCUT2D eigenvalue weighted by Crippen LogP contribution is 2.62. The van der Waals surface area contributed by atoms with Gasteiger partial charge in [0.05, 0.1) is 6.10 Å². The minimum atomic E-state index is 0.285. The first-order chi connectivity index (χ1) is 6.88. The molecule has 14 heavy (non-hydrogen) atoms. The van der Waals surface area contributed by atoms with Crippen LogP contribution in [-0.4, -0.2) is 19.0 Å². The first-order valence-electron chi connectivity index (χ1n) is 5.95. The van der Waals surface area contributed by atoms with E-state index in [1.807, 2.05) is 0 Å². The number of carbonyl (C=O) groups excluding carboxylic acids is 1. The van der Waals surface area contributed by atoms with Crippen LogP contribution in [0.5, 0.6) is 0 Å². The van der Waals surface area contributed by atoms with Gasteiger partial charge in [0.15, 0.2) is 0 Å². The zero-order valence-electron chi connectivity index (χ0n) is 8.58. The molecule has 1 heterocycles. The van der Waals surface area contributed by atoms with Gasteiger partial charge in [-0.2, -0.15) is 0 Å². The maximum absolute atomic E-state index is 11.1. The third kappa shape index (κ3) is 0.928. The minimum absolute atomic E-state index is 0.285. The van der Waals surface area contributed by atoms with Crippen LogP contribution >= 0.6 is 0 Å². The molecule has 0 N–H and O–H groups in total. The Kier molecular flexibility index (Phi) is 1.94. The third-order valence-electron chi connectivity index (χ3n) is 4.74. The van der Waals surface area contributed by atoms with E-state index in [9.17, 15) is 4.79 Å². The summed E-state index contributed by atoms with van der Waals surface area (Å²) in [6, 6.07) is 0. The lowest BCUT2D eigenvalue weighted by Gasteiger charge is -2.59. The van der Waals surface area contributed by atoms with Gasteiger partial charge >= 0.3 is 0 Å². The molecule has 3 fully saturated rings. The lowest BCUT2D eigenvalue weighted by Crippen LogP contribution is -2.62. The molecule has 78 valence electrons. The molecule has 0 aromatic carbocycles. The fourth-order valence-corrected chi connectivity index (χ4v) is 4.15. The van der Waals surface area contributed by atoms with Crippen molar-refractivity contribution in [3.63, 3.8) is 0 Å². The summed E-state index contributed by atoms with van der Waals surface area (Å²) in [5.41, 5.74) is 0.285. The van der Waals surface area contributed by atoms with Crippen molar-refractivity contribution in [3.05, 3.63) is 0 Å². The highest BCUT2D eigenvalue weighted by molar-refractivity contribution is 5.59. The topological polar surface area (TPSA) is 26.3 Å². The number of hydrogen-bond acceptors (Lipinski definition) is 2. The van der Waals surface area contributed by atoms with Crippen molar-refractivity contribution in [2.75, 3.05) is 6.61 Å². The molecule has 1 saturated heterocycles. The van der Waals surface area contributed by atoms with Gasteiger partial charge in [0.1, 0.15) is 6.29 Å². The van der Waals surface area contributed by atoms with Gasteiger partial charge in [-0.3, -0.25) is 0 Å². The van der Waals surface area contributed by atoms with Gasteiger partial charge in [-0.1, -0.05) is 12.8 Å². The number of aldehydes is 1. The van der Waals surface area contributed by atoms with Crippen LogP contribution in [-0.2, 0) is 9.53 Å². The summed E-state index contributed by atoms with van der Waals surface area (Å²) in [6.45, 7) is 0.925. The summed E-state index contributed by atoms with van der Waals surface area (Å²) >= 11 is 0. The van der Waals surface area contributed by atoms with E-state index in [0.29, 0.717) is 17.9 Å². The molecular formula is C12H18O2. The summed E-state index contributed by atoms with van der Waals surface area (Å²) in [7, 11) is 0. The van der Waals surface area contributed by atoms with Gasteiger partial charge in [-0.05, 0) is 31.6 Å². The Morgan fingerprint density at radius 1 is 1.21 bits per heavy atom. The molecule has 0 aromatic rings. The van der Waals surface area contributed by atoms with E-state index in [1.54, 1.807) is 0 Å².